The largest absolute Gasteiger partial charge is 0.399 e. The molecule has 1 aromatic rings. The monoisotopic (exact) mass is 246 g/mol. The lowest BCUT2D eigenvalue weighted by molar-refractivity contribution is -0.136. The third-order valence-corrected chi connectivity index (χ3v) is 3.74. The fourth-order valence-corrected chi connectivity index (χ4v) is 2.34. The number of amides is 1. The molecule has 1 amide bonds. The zero-order chi connectivity index (χ0) is 13.1. The van der Waals surface area contributed by atoms with Crippen LogP contribution in [0.4, 0.5) is 5.69 Å². The van der Waals surface area contributed by atoms with E-state index >= 15 is 0 Å². The molecule has 0 spiro atoms. The summed E-state index contributed by atoms with van der Waals surface area (Å²) in [7, 11) is 0. The van der Waals surface area contributed by atoms with Crippen molar-refractivity contribution in [3.63, 3.8) is 0 Å². The van der Waals surface area contributed by atoms with Gasteiger partial charge in [-0.1, -0.05) is 19.1 Å². The van der Waals surface area contributed by atoms with Crippen LogP contribution in [0.3, 0.4) is 0 Å². The van der Waals surface area contributed by atoms with Crippen molar-refractivity contribution in [2.45, 2.75) is 33.2 Å². The maximum absolute atomic E-state index is 12.3. The van der Waals surface area contributed by atoms with Crippen LogP contribution in [0.15, 0.2) is 24.3 Å². The Morgan fingerprint density at radius 2 is 2.22 bits per heavy atom. The number of benzene rings is 1. The summed E-state index contributed by atoms with van der Waals surface area (Å²) in [5.74, 6) is 1.07. The van der Waals surface area contributed by atoms with Gasteiger partial charge in [-0.15, -0.1) is 0 Å². The SMILES string of the molecule is CCN(Cc1cccc(N)c1)C(=O)C(C)C1CC1. The van der Waals surface area contributed by atoms with E-state index in [0.29, 0.717) is 12.5 Å². The van der Waals surface area contributed by atoms with Crippen molar-refractivity contribution in [1.82, 2.24) is 4.90 Å². The minimum atomic E-state index is 0.172. The van der Waals surface area contributed by atoms with Crippen LogP contribution >= 0.6 is 0 Å². The Labute approximate surface area is 109 Å². The number of carbonyl (C=O) groups is 1. The first-order valence-corrected chi connectivity index (χ1v) is 6.75. The van der Waals surface area contributed by atoms with E-state index in [4.69, 9.17) is 5.73 Å². The number of nitrogens with two attached hydrogens (primary N) is 1. The summed E-state index contributed by atoms with van der Waals surface area (Å²) in [5.41, 5.74) is 7.63. The number of hydrogen-bond donors (Lipinski definition) is 1. The number of nitrogen functional groups attached to an aromatic ring is 1. The van der Waals surface area contributed by atoms with Gasteiger partial charge in [0.2, 0.25) is 5.91 Å². The van der Waals surface area contributed by atoms with Gasteiger partial charge in [-0.2, -0.15) is 0 Å². The van der Waals surface area contributed by atoms with E-state index in [9.17, 15) is 4.79 Å². The van der Waals surface area contributed by atoms with Crippen LogP contribution in [0.1, 0.15) is 32.3 Å². The van der Waals surface area contributed by atoms with Gasteiger partial charge in [-0.25, -0.2) is 0 Å². The third kappa shape index (κ3) is 3.03. The summed E-state index contributed by atoms with van der Waals surface area (Å²) in [4.78, 5) is 14.3. The minimum Gasteiger partial charge on any atom is -0.399 e. The molecule has 0 aliphatic heterocycles. The van der Waals surface area contributed by atoms with E-state index in [2.05, 4.69) is 6.92 Å². The number of hydrogen-bond acceptors (Lipinski definition) is 2. The molecule has 1 aliphatic rings. The van der Waals surface area contributed by atoms with Crippen molar-refractivity contribution >= 4 is 11.6 Å². The van der Waals surface area contributed by atoms with Crippen molar-refractivity contribution in [3.05, 3.63) is 29.8 Å². The summed E-state index contributed by atoms with van der Waals surface area (Å²) in [5, 5.41) is 0. The predicted octanol–water partition coefficient (Wildman–Crippen LogP) is 2.66. The second-order valence-electron chi connectivity index (χ2n) is 5.22. The predicted molar refractivity (Wildman–Crippen MR) is 73.8 cm³/mol. The Balaban J connectivity index is 2.02. The van der Waals surface area contributed by atoms with Crippen LogP contribution in [-0.2, 0) is 11.3 Å². The van der Waals surface area contributed by atoms with Crippen molar-refractivity contribution in [2.75, 3.05) is 12.3 Å². The summed E-state index contributed by atoms with van der Waals surface area (Å²) in [6.45, 7) is 5.51. The quantitative estimate of drug-likeness (QED) is 0.812. The molecule has 1 fully saturated rings. The van der Waals surface area contributed by atoms with Crippen LogP contribution in [0.2, 0.25) is 0 Å². The average molecular weight is 246 g/mol. The van der Waals surface area contributed by atoms with Crippen molar-refractivity contribution in [1.29, 1.82) is 0 Å². The maximum atomic E-state index is 12.3. The Bertz CT molecular complexity index is 426. The second-order valence-corrected chi connectivity index (χ2v) is 5.22. The second kappa shape index (κ2) is 5.42. The van der Waals surface area contributed by atoms with E-state index in [-0.39, 0.29) is 11.8 Å². The van der Waals surface area contributed by atoms with Crippen LogP contribution in [0, 0.1) is 11.8 Å². The van der Waals surface area contributed by atoms with Crippen molar-refractivity contribution in [3.8, 4) is 0 Å². The van der Waals surface area contributed by atoms with Gasteiger partial charge in [0.25, 0.3) is 0 Å². The fraction of sp³-hybridized carbons (Fsp3) is 0.533. The van der Waals surface area contributed by atoms with E-state index in [1.165, 1.54) is 12.8 Å². The first-order chi connectivity index (χ1) is 8.61. The molecule has 0 heterocycles. The van der Waals surface area contributed by atoms with Gasteiger partial charge >= 0.3 is 0 Å². The zero-order valence-electron chi connectivity index (χ0n) is 11.2. The van der Waals surface area contributed by atoms with Gasteiger partial charge in [-0.3, -0.25) is 4.79 Å². The summed E-state index contributed by atoms with van der Waals surface area (Å²) in [6, 6.07) is 7.77. The molecule has 0 saturated heterocycles. The fourth-order valence-electron chi connectivity index (χ4n) is 2.34. The molecule has 1 atom stereocenters. The van der Waals surface area contributed by atoms with E-state index in [1.807, 2.05) is 36.1 Å². The Morgan fingerprint density at radius 3 is 2.78 bits per heavy atom. The average Bonchev–Trinajstić information content (AvgIpc) is 3.18. The maximum Gasteiger partial charge on any atom is 0.225 e. The first-order valence-electron chi connectivity index (χ1n) is 6.75. The van der Waals surface area contributed by atoms with Gasteiger partial charge in [0.05, 0.1) is 0 Å². The zero-order valence-corrected chi connectivity index (χ0v) is 11.2. The van der Waals surface area contributed by atoms with Gasteiger partial charge < -0.3 is 10.6 Å². The number of anilines is 1. The topological polar surface area (TPSA) is 46.3 Å². The first kappa shape index (κ1) is 12.9. The van der Waals surface area contributed by atoms with Gasteiger partial charge in [0, 0.05) is 24.7 Å². The smallest absolute Gasteiger partial charge is 0.225 e. The molecule has 3 nitrogen and oxygen atoms in total. The highest BCUT2D eigenvalue weighted by atomic mass is 16.2. The number of rotatable bonds is 5. The van der Waals surface area contributed by atoms with Crippen LogP contribution in [0.25, 0.3) is 0 Å². The number of nitrogens with zero attached hydrogens (tertiary/aromatic N) is 1. The summed E-state index contributed by atoms with van der Waals surface area (Å²) in [6.07, 6.45) is 2.42. The van der Waals surface area contributed by atoms with Crippen molar-refractivity contribution in [2.24, 2.45) is 11.8 Å². The normalized spacial score (nSPS) is 16.3. The third-order valence-electron chi connectivity index (χ3n) is 3.74. The summed E-state index contributed by atoms with van der Waals surface area (Å²) >= 11 is 0. The Hall–Kier alpha value is -1.51. The molecular weight excluding hydrogens is 224 g/mol. The van der Waals surface area contributed by atoms with E-state index in [0.717, 1.165) is 17.8 Å². The van der Waals surface area contributed by atoms with E-state index < -0.39 is 0 Å². The molecule has 18 heavy (non-hydrogen) atoms. The molecule has 98 valence electrons. The lowest BCUT2D eigenvalue weighted by Gasteiger charge is -2.24. The minimum absolute atomic E-state index is 0.172. The summed E-state index contributed by atoms with van der Waals surface area (Å²) < 4.78 is 0. The highest BCUT2D eigenvalue weighted by Crippen LogP contribution is 2.37. The highest BCUT2D eigenvalue weighted by Gasteiger charge is 2.34. The molecule has 1 aromatic carbocycles. The van der Waals surface area contributed by atoms with Crippen LogP contribution in [0.5, 0.6) is 0 Å². The molecule has 3 heteroatoms. The Morgan fingerprint density at radius 1 is 1.50 bits per heavy atom. The standard InChI is InChI=1S/C15H22N2O/c1-3-17(15(18)11(2)13-7-8-13)10-12-5-4-6-14(16)9-12/h4-6,9,11,13H,3,7-8,10,16H2,1-2H3. The van der Waals surface area contributed by atoms with Crippen LogP contribution < -0.4 is 5.73 Å². The molecule has 1 saturated carbocycles. The molecular formula is C15H22N2O. The van der Waals surface area contributed by atoms with Gasteiger partial charge in [0.1, 0.15) is 0 Å². The number of carbonyl (C=O) groups excluding carboxylic acids is 1. The van der Waals surface area contributed by atoms with Gasteiger partial charge in [0.15, 0.2) is 0 Å². The van der Waals surface area contributed by atoms with Crippen LogP contribution in [-0.4, -0.2) is 17.4 Å². The van der Waals surface area contributed by atoms with Crippen molar-refractivity contribution < 1.29 is 4.79 Å². The van der Waals surface area contributed by atoms with Gasteiger partial charge in [-0.05, 0) is 43.4 Å². The molecule has 2 rings (SSSR count). The van der Waals surface area contributed by atoms with E-state index in [1.54, 1.807) is 0 Å². The molecule has 1 unspecified atom stereocenters. The Kier molecular flexibility index (Phi) is 3.90. The lowest BCUT2D eigenvalue weighted by Crippen LogP contribution is -2.35. The molecule has 0 bridgehead atoms. The highest BCUT2D eigenvalue weighted by molar-refractivity contribution is 5.79. The molecule has 0 radical (unpaired) electrons. The molecule has 0 aromatic heterocycles. The molecule has 1 aliphatic carbocycles. The lowest BCUT2D eigenvalue weighted by atomic mass is 10.0. The molecule has 2 N–H and O–H groups in total.